The van der Waals surface area contributed by atoms with E-state index in [1.807, 2.05) is 22.2 Å². The fourth-order valence-corrected chi connectivity index (χ4v) is 3.08. The van der Waals surface area contributed by atoms with Gasteiger partial charge in [-0.1, -0.05) is 6.07 Å². The van der Waals surface area contributed by atoms with E-state index in [2.05, 4.69) is 0 Å². The lowest BCUT2D eigenvalue weighted by molar-refractivity contribution is -0.118. The Kier molecular flexibility index (Phi) is 2.30. The van der Waals surface area contributed by atoms with Gasteiger partial charge in [0.2, 0.25) is 5.91 Å². The van der Waals surface area contributed by atoms with E-state index in [0.717, 1.165) is 9.18 Å². The van der Waals surface area contributed by atoms with Crippen molar-refractivity contribution < 1.29 is 13.2 Å². The molecule has 76 valence electrons. The molecule has 1 saturated heterocycles. The first-order chi connectivity index (χ1) is 6.58. The average Bonchev–Trinajstić information content (AvgIpc) is 2.61. The van der Waals surface area contributed by atoms with Gasteiger partial charge in [0.05, 0.1) is 13.1 Å². The van der Waals surface area contributed by atoms with Crippen LogP contribution in [0.25, 0.3) is 0 Å². The number of thiophene rings is 1. The normalized spacial score (nSPS) is 21.0. The fraction of sp³-hybridized carbons (Fsp3) is 0.286. The Morgan fingerprint density at radius 1 is 1.57 bits per heavy atom. The van der Waals surface area contributed by atoms with Crippen LogP contribution in [0.4, 0.5) is 0 Å². The zero-order chi connectivity index (χ0) is 10.2. The SMILES string of the molecule is O=C1CN(Cc2cccs2)S(=O)(=O)N1. The molecule has 5 nitrogen and oxygen atoms in total. The second kappa shape index (κ2) is 3.34. The van der Waals surface area contributed by atoms with Crippen molar-refractivity contribution in [1.82, 2.24) is 9.03 Å². The van der Waals surface area contributed by atoms with Gasteiger partial charge in [0.25, 0.3) is 0 Å². The minimum absolute atomic E-state index is 0.0831. The zero-order valence-corrected chi connectivity index (χ0v) is 8.77. The summed E-state index contributed by atoms with van der Waals surface area (Å²) in [6.07, 6.45) is 0. The maximum absolute atomic E-state index is 11.3. The number of rotatable bonds is 2. The molecule has 1 aromatic rings. The molecular formula is C7H8N2O3S2. The van der Waals surface area contributed by atoms with Gasteiger partial charge in [0.15, 0.2) is 0 Å². The van der Waals surface area contributed by atoms with Gasteiger partial charge in [0.1, 0.15) is 0 Å². The van der Waals surface area contributed by atoms with Crippen LogP contribution in [0.5, 0.6) is 0 Å². The maximum atomic E-state index is 11.3. The molecule has 0 unspecified atom stereocenters. The Morgan fingerprint density at radius 3 is 2.86 bits per heavy atom. The van der Waals surface area contributed by atoms with E-state index in [9.17, 15) is 13.2 Å². The van der Waals surface area contributed by atoms with Crippen LogP contribution in [0.3, 0.4) is 0 Å². The molecule has 1 aliphatic rings. The molecule has 14 heavy (non-hydrogen) atoms. The minimum Gasteiger partial charge on any atom is -0.272 e. The number of carbonyl (C=O) groups excluding carboxylic acids is 1. The van der Waals surface area contributed by atoms with Crippen LogP contribution in [-0.2, 0) is 21.5 Å². The van der Waals surface area contributed by atoms with Crippen LogP contribution in [-0.4, -0.2) is 25.2 Å². The third-order valence-corrected chi connectivity index (χ3v) is 4.10. The van der Waals surface area contributed by atoms with E-state index >= 15 is 0 Å². The highest BCUT2D eigenvalue weighted by atomic mass is 32.2. The van der Waals surface area contributed by atoms with E-state index in [1.165, 1.54) is 11.3 Å². The molecule has 1 aromatic heterocycles. The smallest absolute Gasteiger partial charge is 0.272 e. The van der Waals surface area contributed by atoms with Crippen LogP contribution in [0, 0.1) is 0 Å². The van der Waals surface area contributed by atoms with Crippen LogP contribution in [0.2, 0.25) is 0 Å². The van der Waals surface area contributed by atoms with Crippen molar-refractivity contribution in [2.45, 2.75) is 6.54 Å². The Bertz CT molecular complexity index is 438. The number of amides is 1. The molecule has 7 heteroatoms. The Balaban J connectivity index is 2.17. The van der Waals surface area contributed by atoms with Crippen LogP contribution in [0.1, 0.15) is 4.88 Å². The Morgan fingerprint density at radius 2 is 2.36 bits per heavy atom. The number of nitrogens with zero attached hydrogens (tertiary/aromatic N) is 1. The summed E-state index contributed by atoms with van der Waals surface area (Å²) in [5.74, 6) is -0.471. The monoisotopic (exact) mass is 232 g/mol. The lowest BCUT2D eigenvalue weighted by Gasteiger charge is -2.09. The number of carbonyl (C=O) groups is 1. The Hall–Kier alpha value is -0.920. The molecule has 1 fully saturated rings. The third kappa shape index (κ3) is 1.79. The molecule has 2 heterocycles. The summed E-state index contributed by atoms with van der Waals surface area (Å²) < 4.78 is 25.6. The average molecular weight is 232 g/mol. The predicted octanol–water partition coefficient (Wildman–Crippen LogP) is -0.0753. The second-order valence-electron chi connectivity index (χ2n) is 2.88. The summed E-state index contributed by atoms with van der Waals surface area (Å²) in [5.41, 5.74) is 0. The van der Waals surface area contributed by atoms with E-state index < -0.39 is 16.1 Å². The van der Waals surface area contributed by atoms with Crippen molar-refractivity contribution >= 4 is 27.5 Å². The zero-order valence-electron chi connectivity index (χ0n) is 7.13. The van der Waals surface area contributed by atoms with Crippen molar-refractivity contribution in [2.75, 3.05) is 6.54 Å². The second-order valence-corrected chi connectivity index (χ2v) is 5.58. The van der Waals surface area contributed by atoms with Gasteiger partial charge in [-0.25, -0.2) is 4.72 Å². The third-order valence-electron chi connectivity index (χ3n) is 1.81. The van der Waals surface area contributed by atoms with E-state index in [4.69, 9.17) is 0 Å². The molecule has 0 saturated carbocycles. The highest BCUT2D eigenvalue weighted by molar-refractivity contribution is 7.88. The van der Waals surface area contributed by atoms with Gasteiger partial charge < -0.3 is 0 Å². The molecule has 0 bridgehead atoms. The van der Waals surface area contributed by atoms with Crippen LogP contribution in [0.15, 0.2) is 17.5 Å². The first-order valence-electron chi connectivity index (χ1n) is 3.91. The summed E-state index contributed by atoms with van der Waals surface area (Å²) in [6, 6.07) is 3.68. The molecule has 0 radical (unpaired) electrons. The quantitative estimate of drug-likeness (QED) is 0.776. The fourth-order valence-electron chi connectivity index (χ4n) is 1.20. The number of hydrogen-bond donors (Lipinski definition) is 1. The van der Waals surface area contributed by atoms with E-state index in [0.29, 0.717) is 0 Å². The first-order valence-corrected chi connectivity index (χ1v) is 6.23. The van der Waals surface area contributed by atoms with Gasteiger partial charge in [-0.05, 0) is 11.4 Å². The highest BCUT2D eigenvalue weighted by Gasteiger charge is 2.33. The lowest BCUT2D eigenvalue weighted by Crippen LogP contribution is -2.28. The number of nitrogens with one attached hydrogen (secondary N) is 1. The summed E-state index contributed by atoms with van der Waals surface area (Å²) in [5, 5.41) is 1.87. The predicted molar refractivity (Wildman–Crippen MR) is 51.8 cm³/mol. The molecule has 2 rings (SSSR count). The summed E-state index contributed by atoms with van der Waals surface area (Å²) >= 11 is 1.47. The van der Waals surface area contributed by atoms with Crippen LogP contribution >= 0.6 is 11.3 Å². The van der Waals surface area contributed by atoms with Gasteiger partial charge >= 0.3 is 10.2 Å². The topological polar surface area (TPSA) is 66.5 Å². The lowest BCUT2D eigenvalue weighted by atomic mass is 10.4. The maximum Gasteiger partial charge on any atom is 0.304 e. The molecule has 1 amide bonds. The Labute approximate surface area is 85.5 Å². The van der Waals surface area contributed by atoms with Crippen molar-refractivity contribution in [3.63, 3.8) is 0 Å². The van der Waals surface area contributed by atoms with Crippen LogP contribution < -0.4 is 4.72 Å². The molecule has 1 N–H and O–H groups in total. The summed E-state index contributed by atoms with van der Waals surface area (Å²) in [4.78, 5) is 11.8. The minimum atomic E-state index is -3.57. The molecule has 0 aromatic carbocycles. The first kappa shape index (κ1) is 9.63. The van der Waals surface area contributed by atoms with Gasteiger partial charge in [0, 0.05) is 4.88 Å². The molecule has 0 aliphatic carbocycles. The van der Waals surface area contributed by atoms with Gasteiger partial charge in [-0.2, -0.15) is 12.7 Å². The highest BCUT2D eigenvalue weighted by Crippen LogP contribution is 2.15. The number of hydrogen-bond acceptors (Lipinski definition) is 4. The van der Waals surface area contributed by atoms with Crippen molar-refractivity contribution in [2.24, 2.45) is 0 Å². The molecule has 0 spiro atoms. The largest absolute Gasteiger partial charge is 0.304 e. The van der Waals surface area contributed by atoms with E-state index in [1.54, 1.807) is 0 Å². The van der Waals surface area contributed by atoms with Gasteiger partial charge in [-0.15, -0.1) is 11.3 Å². The molecule has 1 aliphatic heterocycles. The van der Waals surface area contributed by atoms with Gasteiger partial charge in [-0.3, -0.25) is 4.79 Å². The summed E-state index contributed by atoms with van der Waals surface area (Å²) in [6.45, 7) is 0.180. The van der Waals surface area contributed by atoms with Crippen molar-refractivity contribution in [3.8, 4) is 0 Å². The molecular weight excluding hydrogens is 224 g/mol. The standard InChI is InChI=1S/C7H8N2O3S2/c10-7-5-9(14(11,12)8-7)4-6-2-1-3-13-6/h1-3H,4-5H2,(H,8,10). The molecule has 0 atom stereocenters. The van der Waals surface area contributed by atoms with Crippen molar-refractivity contribution in [1.29, 1.82) is 0 Å². The summed E-state index contributed by atoms with van der Waals surface area (Å²) in [7, 11) is -3.57. The van der Waals surface area contributed by atoms with Crippen molar-refractivity contribution in [3.05, 3.63) is 22.4 Å². The van der Waals surface area contributed by atoms with E-state index in [-0.39, 0.29) is 13.1 Å².